The highest BCUT2D eigenvalue weighted by Gasteiger charge is 2.32. The van der Waals surface area contributed by atoms with Gasteiger partial charge in [-0.2, -0.15) is 0 Å². The van der Waals surface area contributed by atoms with Crippen LogP contribution in [0.25, 0.3) is 0 Å². The number of halogens is 1. The molecule has 0 amide bonds. The normalized spacial score (nSPS) is 15.9. The minimum absolute atomic E-state index is 0.0506. The van der Waals surface area contributed by atoms with Crippen molar-refractivity contribution in [2.45, 2.75) is 38.5 Å². The molecule has 0 fully saturated rings. The molecule has 2 atom stereocenters. The van der Waals surface area contributed by atoms with Crippen molar-refractivity contribution in [2.75, 3.05) is 13.9 Å². The van der Waals surface area contributed by atoms with Gasteiger partial charge in [0.1, 0.15) is 22.3 Å². The number of hydrogen-bond donors (Lipinski definition) is 1. The monoisotopic (exact) mass is 380 g/mol. The lowest BCUT2D eigenvalue weighted by atomic mass is 9.98. The zero-order valence-electron chi connectivity index (χ0n) is 16.8. The Morgan fingerprint density at radius 2 is 1.88 bits per heavy atom. The summed E-state index contributed by atoms with van der Waals surface area (Å²) in [6.45, 7) is 7.30. The van der Waals surface area contributed by atoms with Gasteiger partial charge in [-0.15, -0.1) is 4.72 Å². The first-order valence-electron chi connectivity index (χ1n) is 8.76. The molecule has 0 saturated carbocycles. The Bertz CT molecular complexity index is 767. The average Bonchev–Trinajstić information content (AvgIpc) is 2.60. The van der Waals surface area contributed by atoms with E-state index in [0.717, 1.165) is 5.56 Å². The Balaban J connectivity index is 2.62. The molecule has 2 rings (SSSR count). The summed E-state index contributed by atoms with van der Waals surface area (Å²) < 4.78 is 48.8. The van der Waals surface area contributed by atoms with Crippen molar-refractivity contribution in [3.63, 3.8) is 0 Å². The van der Waals surface area contributed by atoms with Gasteiger partial charge in [0.05, 0.1) is 1.37 Å². The molecule has 0 aliphatic heterocycles. The molecule has 0 aromatic heterocycles. The van der Waals surface area contributed by atoms with Crippen molar-refractivity contribution in [3.8, 4) is 5.75 Å². The third kappa shape index (κ3) is 5.45. The fourth-order valence-corrected chi connectivity index (χ4v) is 2.90. The minimum Gasteiger partial charge on any atom is -0.598 e. The van der Waals surface area contributed by atoms with Gasteiger partial charge in [0.25, 0.3) is 0 Å². The van der Waals surface area contributed by atoms with Crippen molar-refractivity contribution >= 4 is 11.4 Å². The molecule has 0 unspecified atom stereocenters. The second kappa shape index (κ2) is 8.86. The van der Waals surface area contributed by atoms with E-state index in [1.807, 2.05) is 19.1 Å². The maximum absolute atomic E-state index is 14.1. The van der Waals surface area contributed by atoms with Gasteiger partial charge in [0.15, 0.2) is 6.79 Å². The number of benzene rings is 2. The van der Waals surface area contributed by atoms with Crippen LogP contribution in [0.5, 0.6) is 5.75 Å². The van der Waals surface area contributed by atoms with Crippen molar-refractivity contribution in [1.29, 1.82) is 0 Å². The predicted octanol–water partition coefficient (Wildman–Crippen LogP) is 4.26. The van der Waals surface area contributed by atoms with Crippen molar-refractivity contribution in [3.05, 3.63) is 65.0 Å². The number of rotatable bonds is 7. The topological polar surface area (TPSA) is 53.5 Å². The molecule has 0 aliphatic carbocycles. The molecule has 26 heavy (non-hydrogen) atoms. The van der Waals surface area contributed by atoms with Gasteiger partial charge < -0.3 is 14.0 Å². The van der Waals surface area contributed by atoms with E-state index in [1.165, 1.54) is 25.3 Å². The van der Waals surface area contributed by atoms with Crippen LogP contribution in [0.15, 0.2) is 42.5 Å². The summed E-state index contributed by atoms with van der Waals surface area (Å²) in [7, 11) is 1.48. The molecule has 4 nitrogen and oxygen atoms in total. The van der Waals surface area contributed by atoms with E-state index < -0.39 is 27.9 Å². The fourth-order valence-electron chi connectivity index (χ4n) is 2.18. The van der Waals surface area contributed by atoms with E-state index in [9.17, 15) is 8.94 Å². The van der Waals surface area contributed by atoms with Crippen LogP contribution in [0, 0.1) is 12.7 Å². The van der Waals surface area contributed by atoms with Crippen LogP contribution in [-0.2, 0) is 16.1 Å². The summed E-state index contributed by atoms with van der Waals surface area (Å²) in [5.41, 5.74) is 1.77. The summed E-state index contributed by atoms with van der Waals surface area (Å²) in [5, 5.41) is 0. The molecule has 2 aromatic rings. The molecule has 2 aromatic carbocycles. The Morgan fingerprint density at radius 3 is 2.46 bits per heavy atom. The summed E-state index contributed by atoms with van der Waals surface area (Å²) in [4.78, 5) is 0. The van der Waals surface area contributed by atoms with Gasteiger partial charge >= 0.3 is 0 Å². The minimum atomic E-state index is -1.68. The van der Waals surface area contributed by atoms with Gasteiger partial charge in [0.2, 0.25) is 0 Å². The molecule has 0 heterocycles. The highest BCUT2D eigenvalue weighted by atomic mass is 32.2. The summed E-state index contributed by atoms with van der Waals surface area (Å²) in [6, 6.07) is 9.49. The number of hydrogen-bond acceptors (Lipinski definition) is 4. The number of ether oxygens (including phenoxy) is 2. The lowest BCUT2D eigenvalue weighted by molar-refractivity contribution is 0.0502. The fraction of sp³-hybridized carbons (Fsp3) is 0.400. The third-order valence-corrected chi connectivity index (χ3v) is 5.14. The Labute approximate surface area is 159 Å². The Kier molecular flexibility index (Phi) is 6.53. The Hall–Kier alpha value is -1.60. The first-order chi connectivity index (χ1) is 12.6. The van der Waals surface area contributed by atoms with E-state index in [2.05, 4.69) is 4.72 Å². The molecule has 0 saturated heterocycles. The van der Waals surface area contributed by atoms with E-state index in [4.69, 9.17) is 10.8 Å². The van der Waals surface area contributed by atoms with E-state index >= 15 is 0 Å². The number of methoxy groups -OCH3 is 1. The molecule has 142 valence electrons. The molecule has 0 bridgehead atoms. The standard InChI is InChI=1S/C20H26FNO3S/c1-14-6-8-15(9-7-14)19(22-26(23)20(2,3)4)17-12-16(21)10-11-18(17)25-13-24-5/h6-12,19,22H,13H2,1-5H3/t19-,26+/m0/s1/i19D. The van der Waals surface area contributed by atoms with Crippen LogP contribution < -0.4 is 9.46 Å². The lowest BCUT2D eigenvalue weighted by Crippen LogP contribution is -2.41. The van der Waals surface area contributed by atoms with Gasteiger partial charge in [0, 0.05) is 24.0 Å². The van der Waals surface area contributed by atoms with Crippen molar-refractivity contribution in [2.24, 2.45) is 0 Å². The summed E-state index contributed by atoms with van der Waals surface area (Å²) in [6.07, 6.45) is 0. The highest BCUT2D eigenvalue weighted by molar-refractivity contribution is 7.90. The first kappa shape index (κ1) is 19.2. The maximum Gasteiger partial charge on any atom is 0.188 e. The predicted molar refractivity (Wildman–Crippen MR) is 103 cm³/mol. The third-order valence-electron chi connectivity index (χ3n) is 3.63. The second-order valence-corrected chi connectivity index (χ2v) is 8.88. The second-order valence-electron chi connectivity index (χ2n) is 6.92. The quantitative estimate of drug-likeness (QED) is 0.576. The molecule has 6 heteroatoms. The largest absolute Gasteiger partial charge is 0.598 e. The molecule has 0 spiro atoms. The maximum atomic E-state index is 14.1. The van der Waals surface area contributed by atoms with Crippen LogP contribution in [0.4, 0.5) is 4.39 Å². The van der Waals surface area contributed by atoms with Crippen molar-refractivity contribution in [1.82, 2.24) is 4.72 Å². The molecular formula is C20H26FNO3S. The molecule has 0 aliphatic rings. The Morgan fingerprint density at radius 1 is 1.23 bits per heavy atom. The van der Waals surface area contributed by atoms with Crippen LogP contribution >= 0.6 is 0 Å². The van der Waals surface area contributed by atoms with Gasteiger partial charge in [-0.3, -0.25) is 0 Å². The van der Waals surface area contributed by atoms with Gasteiger partial charge in [-0.05, 0) is 51.5 Å². The zero-order valence-corrected chi connectivity index (χ0v) is 16.6. The van der Waals surface area contributed by atoms with Gasteiger partial charge in [-0.1, -0.05) is 29.8 Å². The number of aryl methyl sites for hydroxylation is 1. The molecule has 0 radical (unpaired) electrons. The molecule has 1 N–H and O–H groups in total. The van der Waals surface area contributed by atoms with E-state index in [1.54, 1.807) is 32.9 Å². The molecular weight excluding hydrogens is 353 g/mol. The van der Waals surface area contributed by atoms with Gasteiger partial charge in [-0.25, -0.2) is 4.39 Å². The smallest absolute Gasteiger partial charge is 0.188 e. The van der Waals surface area contributed by atoms with Crippen LogP contribution in [0.3, 0.4) is 0 Å². The van der Waals surface area contributed by atoms with Crippen LogP contribution in [0.1, 0.15) is 44.9 Å². The average molecular weight is 381 g/mol. The van der Waals surface area contributed by atoms with E-state index in [0.29, 0.717) is 5.56 Å². The lowest BCUT2D eigenvalue weighted by Gasteiger charge is -2.29. The first-order valence-corrected chi connectivity index (χ1v) is 9.41. The van der Waals surface area contributed by atoms with Crippen molar-refractivity contribution < 1.29 is 19.8 Å². The van der Waals surface area contributed by atoms with Crippen LogP contribution in [0.2, 0.25) is 0 Å². The highest BCUT2D eigenvalue weighted by Crippen LogP contribution is 2.33. The van der Waals surface area contributed by atoms with Crippen LogP contribution in [-0.4, -0.2) is 23.2 Å². The number of nitrogens with one attached hydrogen (secondary N) is 1. The summed E-state index contributed by atoms with van der Waals surface area (Å²) in [5.74, 6) is -0.228. The SMILES string of the molecule is [2H][C@](N[S@+]([O-])C(C)(C)C)(c1ccc(C)cc1)c1cc(F)ccc1OCOC. The zero-order chi connectivity index (χ0) is 20.2. The van der Waals surface area contributed by atoms with E-state index in [-0.39, 0.29) is 18.1 Å². The summed E-state index contributed by atoms with van der Waals surface area (Å²) >= 11 is -1.58.